The molecule has 4 aliphatic carbocycles. The van der Waals surface area contributed by atoms with Crippen molar-refractivity contribution in [2.24, 2.45) is 28.6 Å². The number of carbonyl (C=O) groups is 1. The second-order valence-electron chi connectivity index (χ2n) is 10.1. The van der Waals surface area contributed by atoms with E-state index >= 15 is 0 Å². The van der Waals surface area contributed by atoms with Crippen molar-refractivity contribution < 1.29 is 15.0 Å². The molecule has 0 aromatic heterocycles. The van der Waals surface area contributed by atoms with Crippen molar-refractivity contribution >= 4 is 5.78 Å². The standard InChI is InChI=1S/C22H34O3/c1-13-11-16-17(20(3)8-5-15(24)12-19(13)20)6-9-21(4)18(16)7-10-22(21,25)14(2)23/h15-18,24-25H,5-12H2,1-4H3/t15-,16+,17-,18+,20+,21-,22-/m0/s1. The molecule has 0 aliphatic heterocycles. The van der Waals surface area contributed by atoms with Crippen molar-refractivity contribution in [3.05, 3.63) is 11.1 Å². The summed E-state index contributed by atoms with van der Waals surface area (Å²) in [7, 11) is 0. The molecular weight excluding hydrogens is 312 g/mol. The molecule has 0 heterocycles. The van der Waals surface area contributed by atoms with Crippen LogP contribution in [0.15, 0.2) is 11.1 Å². The predicted octanol–water partition coefficient (Wildman–Crippen LogP) is 4.02. The maximum Gasteiger partial charge on any atom is 0.161 e. The highest BCUT2D eigenvalue weighted by molar-refractivity contribution is 5.86. The van der Waals surface area contributed by atoms with E-state index < -0.39 is 5.60 Å². The fourth-order valence-electron chi connectivity index (χ4n) is 7.69. The van der Waals surface area contributed by atoms with Gasteiger partial charge in [-0.05, 0) is 88.4 Å². The second-order valence-corrected chi connectivity index (χ2v) is 10.1. The molecule has 3 nitrogen and oxygen atoms in total. The van der Waals surface area contributed by atoms with E-state index in [2.05, 4.69) is 20.8 Å². The minimum Gasteiger partial charge on any atom is -0.393 e. The van der Waals surface area contributed by atoms with Crippen molar-refractivity contribution in [2.45, 2.75) is 90.8 Å². The molecule has 25 heavy (non-hydrogen) atoms. The van der Waals surface area contributed by atoms with E-state index in [1.807, 2.05) is 0 Å². The number of allylic oxidation sites excluding steroid dienone is 1. The van der Waals surface area contributed by atoms with Gasteiger partial charge in [-0.25, -0.2) is 0 Å². The third kappa shape index (κ3) is 2.15. The lowest BCUT2D eigenvalue weighted by Gasteiger charge is -2.59. The Morgan fingerprint density at radius 2 is 1.72 bits per heavy atom. The van der Waals surface area contributed by atoms with Crippen LogP contribution < -0.4 is 0 Å². The Morgan fingerprint density at radius 3 is 2.40 bits per heavy atom. The van der Waals surface area contributed by atoms with E-state index in [1.54, 1.807) is 6.92 Å². The first-order chi connectivity index (χ1) is 11.6. The van der Waals surface area contributed by atoms with Crippen molar-refractivity contribution in [2.75, 3.05) is 0 Å². The highest BCUT2D eigenvalue weighted by atomic mass is 16.3. The smallest absolute Gasteiger partial charge is 0.161 e. The van der Waals surface area contributed by atoms with Crippen LogP contribution in [0.1, 0.15) is 79.1 Å². The highest BCUT2D eigenvalue weighted by Gasteiger charge is 2.65. The molecule has 3 heteroatoms. The largest absolute Gasteiger partial charge is 0.393 e. The Labute approximate surface area is 151 Å². The minimum absolute atomic E-state index is 0.0355. The molecule has 0 bridgehead atoms. The average Bonchev–Trinajstić information content (AvgIpc) is 2.83. The first kappa shape index (κ1) is 17.7. The number of hydrogen-bond donors (Lipinski definition) is 2. The monoisotopic (exact) mass is 346 g/mol. The van der Waals surface area contributed by atoms with E-state index in [9.17, 15) is 15.0 Å². The third-order valence-corrected chi connectivity index (χ3v) is 9.17. The summed E-state index contributed by atoms with van der Waals surface area (Å²) in [5.41, 5.74) is 1.83. The van der Waals surface area contributed by atoms with Crippen LogP contribution in [0.4, 0.5) is 0 Å². The van der Waals surface area contributed by atoms with Crippen LogP contribution >= 0.6 is 0 Å². The summed E-state index contributed by atoms with van der Waals surface area (Å²) in [6.07, 6.45) is 7.46. The maximum atomic E-state index is 12.3. The van der Waals surface area contributed by atoms with Crippen molar-refractivity contribution in [3.63, 3.8) is 0 Å². The van der Waals surface area contributed by atoms with Gasteiger partial charge in [0.15, 0.2) is 5.78 Å². The van der Waals surface area contributed by atoms with Crippen LogP contribution in [0, 0.1) is 28.6 Å². The van der Waals surface area contributed by atoms with Gasteiger partial charge in [0, 0.05) is 5.41 Å². The Bertz CT molecular complexity index is 637. The van der Waals surface area contributed by atoms with Crippen LogP contribution in [0.5, 0.6) is 0 Å². The van der Waals surface area contributed by atoms with Gasteiger partial charge in [-0.3, -0.25) is 4.79 Å². The first-order valence-corrected chi connectivity index (χ1v) is 10.2. The molecule has 0 saturated heterocycles. The van der Waals surface area contributed by atoms with Gasteiger partial charge in [0.05, 0.1) is 6.10 Å². The topological polar surface area (TPSA) is 57.5 Å². The van der Waals surface area contributed by atoms with Gasteiger partial charge < -0.3 is 10.2 Å². The molecular formula is C22H34O3. The zero-order valence-electron chi connectivity index (χ0n) is 16.3. The number of Topliss-reactive ketones (excluding diaryl/α,β-unsaturated/α-hetero) is 1. The Balaban J connectivity index is 1.73. The normalized spacial score (nSPS) is 52.4. The molecule has 2 N–H and O–H groups in total. The molecule has 0 aromatic carbocycles. The quantitative estimate of drug-likeness (QED) is 0.705. The number of rotatable bonds is 1. The summed E-state index contributed by atoms with van der Waals surface area (Å²) >= 11 is 0. The molecule has 0 amide bonds. The van der Waals surface area contributed by atoms with Crippen LogP contribution in [0.2, 0.25) is 0 Å². The van der Waals surface area contributed by atoms with E-state index in [-0.39, 0.29) is 22.7 Å². The van der Waals surface area contributed by atoms with E-state index in [0.29, 0.717) is 24.2 Å². The molecule has 0 spiro atoms. The summed E-state index contributed by atoms with van der Waals surface area (Å²) in [5.74, 6) is 1.63. The predicted molar refractivity (Wildman–Crippen MR) is 98.0 cm³/mol. The molecule has 4 aliphatic rings. The zero-order chi connectivity index (χ0) is 18.2. The third-order valence-electron chi connectivity index (χ3n) is 9.17. The maximum absolute atomic E-state index is 12.3. The fourth-order valence-corrected chi connectivity index (χ4v) is 7.69. The van der Waals surface area contributed by atoms with Crippen molar-refractivity contribution in [1.29, 1.82) is 0 Å². The summed E-state index contributed by atoms with van der Waals surface area (Å²) in [6, 6.07) is 0. The Morgan fingerprint density at radius 1 is 1.04 bits per heavy atom. The van der Waals surface area contributed by atoms with Crippen LogP contribution in [0.25, 0.3) is 0 Å². The minimum atomic E-state index is -1.12. The van der Waals surface area contributed by atoms with Crippen LogP contribution in [-0.2, 0) is 4.79 Å². The van der Waals surface area contributed by atoms with E-state index in [4.69, 9.17) is 0 Å². The fraction of sp³-hybridized carbons (Fsp3) is 0.864. The summed E-state index contributed by atoms with van der Waals surface area (Å²) in [4.78, 5) is 12.3. The molecule has 0 unspecified atom stereocenters. The molecule has 0 radical (unpaired) electrons. The lowest BCUT2D eigenvalue weighted by molar-refractivity contribution is -0.159. The van der Waals surface area contributed by atoms with Crippen LogP contribution in [-0.4, -0.2) is 27.7 Å². The van der Waals surface area contributed by atoms with Crippen LogP contribution in [0.3, 0.4) is 0 Å². The lowest BCUT2D eigenvalue weighted by atomic mass is 9.46. The number of fused-ring (bicyclic) bond motifs is 5. The Kier molecular flexibility index (Phi) is 3.84. The zero-order valence-corrected chi connectivity index (χ0v) is 16.3. The van der Waals surface area contributed by atoms with Gasteiger partial charge in [-0.15, -0.1) is 0 Å². The number of hydrogen-bond acceptors (Lipinski definition) is 3. The van der Waals surface area contributed by atoms with Gasteiger partial charge in [-0.2, -0.15) is 0 Å². The summed E-state index contributed by atoms with van der Waals surface area (Å²) < 4.78 is 0. The SMILES string of the molecule is CC(=O)[C@@]1(O)CC[C@@H]2[C@@H]3CC(C)=C4C[C@@H](O)CC[C@]4(C)[C@H]3CC[C@@]21C. The van der Waals surface area contributed by atoms with Gasteiger partial charge in [0.2, 0.25) is 0 Å². The molecule has 4 rings (SSSR count). The number of carbonyl (C=O) groups excluding carboxylic acids is 1. The van der Waals surface area contributed by atoms with E-state index in [0.717, 1.165) is 44.9 Å². The van der Waals surface area contributed by atoms with Gasteiger partial charge in [0.1, 0.15) is 5.60 Å². The molecule has 7 atom stereocenters. The first-order valence-electron chi connectivity index (χ1n) is 10.2. The molecule has 3 saturated carbocycles. The van der Waals surface area contributed by atoms with Gasteiger partial charge in [-0.1, -0.05) is 25.0 Å². The molecule has 0 aromatic rings. The Hall–Kier alpha value is -0.670. The van der Waals surface area contributed by atoms with Gasteiger partial charge in [0.25, 0.3) is 0 Å². The van der Waals surface area contributed by atoms with E-state index in [1.165, 1.54) is 11.1 Å². The van der Waals surface area contributed by atoms with Gasteiger partial charge >= 0.3 is 0 Å². The van der Waals surface area contributed by atoms with Crippen molar-refractivity contribution in [1.82, 2.24) is 0 Å². The lowest BCUT2D eigenvalue weighted by Crippen LogP contribution is -2.57. The number of aliphatic hydroxyl groups excluding tert-OH is 1. The molecule has 140 valence electrons. The summed E-state index contributed by atoms with van der Waals surface area (Å²) in [5, 5.41) is 21.4. The molecule has 3 fully saturated rings. The average molecular weight is 347 g/mol. The summed E-state index contributed by atoms with van der Waals surface area (Å²) in [6.45, 7) is 8.46. The second kappa shape index (κ2) is 5.42. The highest BCUT2D eigenvalue weighted by Crippen LogP contribution is 2.68. The number of aliphatic hydroxyl groups is 2. The number of ketones is 1. The van der Waals surface area contributed by atoms with Crippen molar-refractivity contribution in [3.8, 4) is 0 Å².